The van der Waals surface area contributed by atoms with E-state index in [-0.39, 0.29) is 33.4 Å². The third kappa shape index (κ3) is 2.36. The summed E-state index contributed by atoms with van der Waals surface area (Å²) in [5, 5.41) is 0.215. The summed E-state index contributed by atoms with van der Waals surface area (Å²) in [6.07, 6.45) is 0. The lowest BCUT2D eigenvalue weighted by Crippen LogP contribution is -2.01. The molecule has 0 saturated heterocycles. The average Bonchev–Trinajstić information content (AvgIpc) is 2.80. The van der Waals surface area contributed by atoms with Crippen LogP contribution < -0.4 is 0 Å². The van der Waals surface area contributed by atoms with Crippen LogP contribution in [0, 0.1) is 17.5 Å². The summed E-state index contributed by atoms with van der Waals surface area (Å²) in [6, 6.07) is 5.52. The van der Waals surface area contributed by atoms with Gasteiger partial charge in [-0.1, -0.05) is 11.6 Å². The lowest BCUT2D eigenvalue weighted by molar-refractivity contribution is 0.590. The van der Waals surface area contributed by atoms with E-state index in [9.17, 15) is 13.2 Å². The van der Waals surface area contributed by atoms with Crippen molar-refractivity contribution in [2.45, 2.75) is 5.88 Å². The fourth-order valence-electron chi connectivity index (χ4n) is 2.17. The Kier molecular flexibility index (Phi) is 3.55. The normalized spacial score (nSPS) is 11.3. The van der Waals surface area contributed by atoms with Gasteiger partial charge in [0.25, 0.3) is 0 Å². The zero-order valence-corrected chi connectivity index (χ0v) is 11.9. The monoisotopic (exact) mass is 330 g/mol. The molecule has 2 aromatic carbocycles. The molecular weight excluding hydrogens is 324 g/mol. The minimum Gasteiger partial charge on any atom is -0.293 e. The molecule has 3 rings (SSSR count). The molecule has 0 spiro atoms. The fraction of sp³-hybridized carbons (Fsp3) is 0.0714. The van der Waals surface area contributed by atoms with Crippen molar-refractivity contribution in [3.63, 3.8) is 0 Å². The molecule has 0 fully saturated rings. The highest BCUT2D eigenvalue weighted by atomic mass is 35.5. The number of alkyl halides is 1. The molecule has 2 nitrogen and oxygen atoms in total. The largest absolute Gasteiger partial charge is 0.293 e. The molecule has 0 N–H and O–H groups in total. The van der Waals surface area contributed by atoms with E-state index in [1.54, 1.807) is 0 Å². The van der Waals surface area contributed by atoms with Crippen LogP contribution in [0.5, 0.6) is 0 Å². The lowest BCUT2D eigenvalue weighted by Gasteiger charge is -2.10. The van der Waals surface area contributed by atoms with Gasteiger partial charge in [-0.15, -0.1) is 11.6 Å². The molecule has 0 aliphatic heterocycles. The summed E-state index contributed by atoms with van der Waals surface area (Å²) < 4.78 is 42.1. The highest BCUT2D eigenvalue weighted by Crippen LogP contribution is 2.29. The van der Waals surface area contributed by atoms with Crippen LogP contribution in [-0.4, -0.2) is 9.55 Å². The van der Waals surface area contributed by atoms with Crippen LogP contribution in [-0.2, 0) is 5.88 Å². The van der Waals surface area contributed by atoms with Crippen molar-refractivity contribution in [1.82, 2.24) is 9.55 Å². The first kappa shape index (κ1) is 14.2. The van der Waals surface area contributed by atoms with Crippen molar-refractivity contribution in [1.29, 1.82) is 0 Å². The first-order chi connectivity index (χ1) is 10.0. The minimum atomic E-state index is -0.817. The van der Waals surface area contributed by atoms with Crippen molar-refractivity contribution in [2.75, 3.05) is 0 Å². The number of aromatic nitrogens is 2. The Hall–Kier alpha value is -1.72. The van der Waals surface area contributed by atoms with Crippen LogP contribution >= 0.6 is 23.2 Å². The number of rotatable bonds is 2. The number of imidazole rings is 1. The molecule has 0 unspecified atom stereocenters. The first-order valence-electron chi connectivity index (χ1n) is 5.89. The van der Waals surface area contributed by atoms with Crippen LogP contribution in [0.3, 0.4) is 0 Å². The van der Waals surface area contributed by atoms with Gasteiger partial charge in [0, 0.05) is 12.1 Å². The molecule has 0 atom stereocenters. The Balaban J connectivity index is 2.43. The molecular formula is C14H7Cl2F3N2. The fourth-order valence-corrected chi connectivity index (χ4v) is 2.55. The number of hydrogen-bond donors (Lipinski definition) is 0. The summed E-state index contributed by atoms with van der Waals surface area (Å²) in [5.74, 6) is -1.95. The van der Waals surface area contributed by atoms with E-state index < -0.39 is 17.5 Å². The van der Waals surface area contributed by atoms with E-state index in [1.165, 1.54) is 16.7 Å². The Labute approximate surface area is 127 Å². The molecule has 0 aliphatic rings. The highest BCUT2D eigenvalue weighted by Gasteiger charge is 2.18. The quantitative estimate of drug-likeness (QED) is 0.615. The van der Waals surface area contributed by atoms with Gasteiger partial charge in [0.1, 0.15) is 23.0 Å². The predicted molar refractivity (Wildman–Crippen MR) is 75.5 cm³/mol. The molecule has 3 aromatic rings. The Morgan fingerprint density at radius 2 is 1.81 bits per heavy atom. The summed E-state index contributed by atoms with van der Waals surface area (Å²) in [5.41, 5.74) is 0.308. The van der Waals surface area contributed by atoms with Gasteiger partial charge in [-0.05, 0) is 18.2 Å². The number of fused-ring (bicyclic) bond motifs is 1. The summed E-state index contributed by atoms with van der Waals surface area (Å²) in [4.78, 5) is 4.03. The zero-order chi connectivity index (χ0) is 15.1. The van der Waals surface area contributed by atoms with Gasteiger partial charge >= 0.3 is 0 Å². The third-order valence-corrected chi connectivity index (χ3v) is 3.58. The summed E-state index contributed by atoms with van der Waals surface area (Å²) in [7, 11) is 0. The highest BCUT2D eigenvalue weighted by molar-refractivity contribution is 6.32. The maximum atomic E-state index is 13.8. The Bertz CT molecular complexity index is 846. The van der Waals surface area contributed by atoms with Gasteiger partial charge in [-0.3, -0.25) is 4.57 Å². The molecule has 0 amide bonds. The van der Waals surface area contributed by atoms with Crippen LogP contribution in [0.1, 0.15) is 5.82 Å². The smallest absolute Gasteiger partial charge is 0.153 e. The van der Waals surface area contributed by atoms with Crippen molar-refractivity contribution >= 4 is 34.2 Å². The Morgan fingerprint density at radius 3 is 2.52 bits per heavy atom. The molecule has 0 aliphatic carbocycles. The molecule has 0 saturated carbocycles. The van der Waals surface area contributed by atoms with E-state index in [1.807, 2.05) is 0 Å². The molecule has 0 radical (unpaired) electrons. The molecule has 21 heavy (non-hydrogen) atoms. The number of benzene rings is 2. The first-order valence-corrected chi connectivity index (χ1v) is 6.80. The molecule has 7 heteroatoms. The van der Waals surface area contributed by atoms with Gasteiger partial charge in [-0.2, -0.15) is 0 Å². The lowest BCUT2D eigenvalue weighted by atomic mass is 10.2. The summed E-state index contributed by atoms with van der Waals surface area (Å²) in [6.45, 7) is 0. The second-order valence-corrected chi connectivity index (χ2v) is 5.02. The maximum Gasteiger partial charge on any atom is 0.153 e. The second-order valence-electron chi connectivity index (χ2n) is 4.35. The molecule has 1 aromatic heterocycles. The van der Waals surface area contributed by atoms with Crippen LogP contribution in [0.4, 0.5) is 13.2 Å². The molecule has 0 bridgehead atoms. The maximum absolute atomic E-state index is 13.8. The number of nitrogens with zero attached hydrogens (tertiary/aromatic N) is 2. The second kappa shape index (κ2) is 5.24. The van der Waals surface area contributed by atoms with Crippen molar-refractivity contribution < 1.29 is 13.2 Å². The number of halogens is 5. The minimum absolute atomic E-state index is 0.0487. The SMILES string of the molecule is Fc1ccc(Cl)c(-n2c(CCl)nc3c(F)cc(F)cc32)c1. The van der Waals surface area contributed by atoms with Gasteiger partial charge in [0.2, 0.25) is 0 Å². The van der Waals surface area contributed by atoms with Gasteiger partial charge in [-0.25, -0.2) is 18.2 Å². The van der Waals surface area contributed by atoms with Crippen molar-refractivity contribution in [2.24, 2.45) is 0 Å². The zero-order valence-electron chi connectivity index (χ0n) is 10.4. The van der Waals surface area contributed by atoms with Gasteiger partial charge in [0.05, 0.1) is 22.1 Å². The van der Waals surface area contributed by atoms with E-state index in [0.717, 1.165) is 18.2 Å². The predicted octanol–water partition coefficient (Wildman–Crippen LogP) is 4.84. The van der Waals surface area contributed by atoms with Crippen molar-refractivity contribution in [3.8, 4) is 5.69 Å². The van der Waals surface area contributed by atoms with Gasteiger partial charge in [0.15, 0.2) is 5.82 Å². The van der Waals surface area contributed by atoms with E-state index in [2.05, 4.69) is 4.98 Å². The van der Waals surface area contributed by atoms with Crippen molar-refractivity contribution in [3.05, 3.63) is 58.6 Å². The Morgan fingerprint density at radius 1 is 1.05 bits per heavy atom. The molecule has 1 heterocycles. The van der Waals surface area contributed by atoms with Crippen LogP contribution in [0.2, 0.25) is 5.02 Å². The van der Waals surface area contributed by atoms with Crippen LogP contribution in [0.25, 0.3) is 16.7 Å². The topological polar surface area (TPSA) is 17.8 Å². The molecule has 108 valence electrons. The third-order valence-electron chi connectivity index (χ3n) is 3.02. The van der Waals surface area contributed by atoms with E-state index in [0.29, 0.717) is 0 Å². The van der Waals surface area contributed by atoms with Gasteiger partial charge < -0.3 is 0 Å². The van der Waals surface area contributed by atoms with E-state index >= 15 is 0 Å². The standard InChI is InChI=1S/C14H7Cl2F3N2/c15-6-13-20-14-10(19)3-8(18)5-12(14)21(13)11-4-7(17)1-2-9(11)16/h1-5H,6H2. The number of hydrogen-bond acceptors (Lipinski definition) is 1. The van der Waals surface area contributed by atoms with Crippen LogP contribution in [0.15, 0.2) is 30.3 Å². The van der Waals surface area contributed by atoms with E-state index in [4.69, 9.17) is 23.2 Å². The summed E-state index contributed by atoms with van der Waals surface area (Å²) >= 11 is 11.9. The average molecular weight is 331 g/mol.